The van der Waals surface area contributed by atoms with Crippen LogP contribution in [0.3, 0.4) is 0 Å². The minimum absolute atomic E-state index is 0.481. The lowest BCUT2D eigenvalue weighted by Crippen LogP contribution is -2.20. The molecule has 2 rings (SSSR count). The Morgan fingerprint density at radius 1 is 1.43 bits per heavy atom. The molecular weight excluding hydrogens is 172 g/mol. The van der Waals surface area contributed by atoms with Gasteiger partial charge in [-0.1, -0.05) is 32.4 Å². The molecule has 4 unspecified atom stereocenters. The van der Waals surface area contributed by atoms with Crippen molar-refractivity contribution in [2.45, 2.75) is 39.5 Å². The van der Waals surface area contributed by atoms with Crippen LogP contribution in [0.15, 0.2) is 12.2 Å². The van der Waals surface area contributed by atoms with E-state index < -0.39 is 0 Å². The second-order valence-electron chi connectivity index (χ2n) is 5.04. The van der Waals surface area contributed by atoms with Crippen molar-refractivity contribution in [2.24, 2.45) is 23.7 Å². The minimum atomic E-state index is 0.481. The lowest BCUT2D eigenvalue weighted by atomic mass is 9.76. The van der Waals surface area contributed by atoms with Crippen molar-refractivity contribution in [3.63, 3.8) is 0 Å². The molecule has 0 N–H and O–H groups in total. The molecule has 0 heterocycles. The second-order valence-corrected chi connectivity index (χ2v) is 5.04. The third kappa shape index (κ3) is 1.77. The minimum Gasteiger partial charge on any atom is -0.300 e. The van der Waals surface area contributed by atoms with Crippen molar-refractivity contribution in [3.8, 4) is 0 Å². The lowest BCUT2D eigenvalue weighted by molar-refractivity contribution is -0.117. The first-order chi connectivity index (χ1) is 6.70. The molecule has 78 valence electrons. The van der Waals surface area contributed by atoms with Crippen LogP contribution in [0, 0.1) is 23.7 Å². The van der Waals surface area contributed by atoms with E-state index in [0.717, 1.165) is 24.7 Å². The van der Waals surface area contributed by atoms with Crippen LogP contribution in [0.1, 0.15) is 39.5 Å². The molecule has 0 radical (unpaired) electrons. The third-order valence-electron chi connectivity index (χ3n) is 4.11. The molecule has 1 saturated carbocycles. The van der Waals surface area contributed by atoms with E-state index in [2.05, 4.69) is 26.0 Å². The van der Waals surface area contributed by atoms with E-state index >= 15 is 0 Å². The molecule has 0 aliphatic heterocycles. The second kappa shape index (κ2) is 3.88. The normalized spacial score (nSPS) is 38.4. The molecule has 14 heavy (non-hydrogen) atoms. The summed E-state index contributed by atoms with van der Waals surface area (Å²) in [5.41, 5.74) is 0. The van der Waals surface area contributed by atoms with E-state index in [-0.39, 0.29) is 0 Å². The number of carbonyl (C=O) groups is 1. The van der Waals surface area contributed by atoms with Gasteiger partial charge >= 0.3 is 0 Å². The molecule has 2 aliphatic carbocycles. The SMILES string of the molecule is CCC(C)C1C=CC2CC(=O)CC2C1. The number of ketones is 1. The quantitative estimate of drug-likeness (QED) is 0.614. The first-order valence-electron chi connectivity index (χ1n) is 5.90. The van der Waals surface area contributed by atoms with Crippen molar-refractivity contribution in [2.75, 3.05) is 0 Å². The molecule has 1 nitrogen and oxygen atoms in total. The number of rotatable bonds is 2. The highest BCUT2D eigenvalue weighted by atomic mass is 16.1. The molecule has 0 aromatic carbocycles. The molecule has 1 heteroatoms. The highest BCUT2D eigenvalue weighted by Gasteiger charge is 2.35. The van der Waals surface area contributed by atoms with E-state index in [4.69, 9.17) is 0 Å². The Morgan fingerprint density at radius 2 is 2.21 bits per heavy atom. The van der Waals surface area contributed by atoms with Gasteiger partial charge in [0.1, 0.15) is 5.78 Å². The van der Waals surface area contributed by atoms with Gasteiger partial charge in [-0.15, -0.1) is 0 Å². The Hall–Kier alpha value is -0.590. The molecular formula is C13H20O. The Morgan fingerprint density at radius 3 is 2.93 bits per heavy atom. The molecule has 0 aromatic rings. The smallest absolute Gasteiger partial charge is 0.133 e. The van der Waals surface area contributed by atoms with Crippen molar-refractivity contribution >= 4 is 5.78 Å². The molecule has 0 aromatic heterocycles. The number of carbonyl (C=O) groups excluding carboxylic acids is 1. The Bertz CT molecular complexity index is 254. The van der Waals surface area contributed by atoms with Crippen LogP contribution in [0.25, 0.3) is 0 Å². The average Bonchev–Trinajstić information content (AvgIpc) is 2.55. The summed E-state index contributed by atoms with van der Waals surface area (Å²) in [5, 5.41) is 0. The average molecular weight is 192 g/mol. The van der Waals surface area contributed by atoms with Gasteiger partial charge in [-0.2, -0.15) is 0 Å². The number of allylic oxidation sites excluding steroid dienone is 2. The Labute approximate surface area is 86.6 Å². The van der Waals surface area contributed by atoms with Crippen LogP contribution in [-0.4, -0.2) is 5.78 Å². The molecule has 0 spiro atoms. The van der Waals surface area contributed by atoms with Crippen LogP contribution >= 0.6 is 0 Å². The maximum atomic E-state index is 11.3. The van der Waals surface area contributed by atoms with Gasteiger partial charge in [0.25, 0.3) is 0 Å². The summed E-state index contributed by atoms with van der Waals surface area (Å²) in [7, 11) is 0. The maximum Gasteiger partial charge on any atom is 0.133 e. The van der Waals surface area contributed by atoms with Crippen molar-refractivity contribution in [1.82, 2.24) is 0 Å². The molecule has 0 amide bonds. The van der Waals surface area contributed by atoms with Crippen LogP contribution in [-0.2, 0) is 4.79 Å². The predicted molar refractivity (Wildman–Crippen MR) is 57.9 cm³/mol. The fourth-order valence-electron chi connectivity index (χ4n) is 2.88. The highest BCUT2D eigenvalue weighted by Crippen LogP contribution is 2.41. The zero-order valence-electron chi connectivity index (χ0n) is 9.20. The number of hydrogen-bond donors (Lipinski definition) is 0. The highest BCUT2D eigenvalue weighted by molar-refractivity contribution is 5.81. The van der Waals surface area contributed by atoms with Crippen molar-refractivity contribution < 1.29 is 4.79 Å². The standard InChI is InChI=1S/C13H20O/c1-3-9(2)10-4-5-11-7-13(14)8-12(11)6-10/h4-5,9-12H,3,6-8H2,1-2H3. The van der Waals surface area contributed by atoms with Gasteiger partial charge in [-0.3, -0.25) is 4.79 Å². The van der Waals surface area contributed by atoms with Gasteiger partial charge in [-0.05, 0) is 30.1 Å². The van der Waals surface area contributed by atoms with E-state index in [1.165, 1.54) is 12.8 Å². The van der Waals surface area contributed by atoms with Gasteiger partial charge < -0.3 is 0 Å². The summed E-state index contributed by atoms with van der Waals surface area (Å²) in [6, 6.07) is 0. The zero-order valence-corrected chi connectivity index (χ0v) is 9.20. The monoisotopic (exact) mass is 192 g/mol. The Kier molecular flexibility index (Phi) is 2.76. The third-order valence-corrected chi connectivity index (χ3v) is 4.11. The van der Waals surface area contributed by atoms with Gasteiger partial charge in [0.15, 0.2) is 0 Å². The summed E-state index contributed by atoms with van der Waals surface area (Å²) in [5.74, 6) is 3.25. The molecule has 4 atom stereocenters. The van der Waals surface area contributed by atoms with Gasteiger partial charge in [0, 0.05) is 12.8 Å². The lowest BCUT2D eigenvalue weighted by Gasteiger charge is -2.29. The fourth-order valence-corrected chi connectivity index (χ4v) is 2.88. The molecule has 2 aliphatic rings. The topological polar surface area (TPSA) is 17.1 Å². The van der Waals surface area contributed by atoms with Crippen molar-refractivity contribution in [1.29, 1.82) is 0 Å². The molecule has 0 saturated heterocycles. The van der Waals surface area contributed by atoms with Crippen LogP contribution < -0.4 is 0 Å². The van der Waals surface area contributed by atoms with E-state index in [9.17, 15) is 4.79 Å². The van der Waals surface area contributed by atoms with Crippen LogP contribution in [0.5, 0.6) is 0 Å². The number of hydrogen-bond acceptors (Lipinski definition) is 1. The van der Waals surface area contributed by atoms with Crippen LogP contribution in [0.4, 0.5) is 0 Å². The first-order valence-corrected chi connectivity index (χ1v) is 5.90. The predicted octanol–water partition coefficient (Wildman–Crippen LogP) is 3.20. The number of Topliss-reactive ketones (excluding diaryl/α,β-unsaturated/α-hetero) is 1. The van der Waals surface area contributed by atoms with Crippen molar-refractivity contribution in [3.05, 3.63) is 12.2 Å². The molecule has 1 fully saturated rings. The van der Waals surface area contributed by atoms with E-state index in [1.807, 2.05) is 0 Å². The van der Waals surface area contributed by atoms with Crippen LogP contribution in [0.2, 0.25) is 0 Å². The zero-order chi connectivity index (χ0) is 10.1. The van der Waals surface area contributed by atoms with Gasteiger partial charge in [0.05, 0.1) is 0 Å². The van der Waals surface area contributed by atoms with E-state index in [0.29, 0.717) is 17.6 Å². The summed E-state index contributed by atoms with van der Waals surface area (Å²) >= 11 is 0. The molecule has 0 bridgehead atoms. The van der Waals surface area contributed by atoms with Gasteiger partial charge in [-0.25, -0.2) is 0 Å². The summed E-state index contributed by atoms with van der Waals surface area (Å²) < 4.78 is 0. The summed E-state index contributed by atoms with van der Waals surface area (Å²) in [4.78, 5) is 11.3. The fraction of sp³-hybridized carbons (Fsp3) is 0.769. The largest absolute Gasteiger partial charge is 0.300 e. The maximum absolute atomic E-state index is 11.3. The Balaban J connectivity index is 2.03. The summed E-state index contributed by atoms with van der Waals surface area (Å²) in [6.07, 6.45) is 8.85. The first kappa shape index (κ1) is 9.95. The van der Waals surface area contributed by atoms with E-state index in [1.54, 1.807) is 0 Å². The van der Waals surface area contributed by atoms with Gasteiger partial charge in [0.2, 0.25) is 0 Å². The summed E-state index contributed by atoms with van der Waals surface area (Å²) in [6.45, 7) is 4.58. The number of fused-ring (bicyclic) bond motifs is 1.